The summed E-state index contributed by atoms with van der Waals surface area (Å²) in [6.45, 7) is 0.556. The second-order valence-corrected chi connectivity index (χ2v) is 5.17. The van der Waals surface area contributed by atoms with Crippen LogP contribution in [0.2, 0.25) is 0 Å². The van der Waals surface area contributed by atoms with Crippen molar-refractivity contribution in [2.75, 3.05) is 6.54 Å². The molecule has 0 bridgehead atoms. The summed E-state index contributed by atoms with van der Waals surface area (Å²) in [5.74, 6) is -0.142. The smallest absolute Gasteiger partial charge is 0.269 e. The summed E-state index contributed by atoms with van der Waals surface area (Å²) < 4.78 is 0. The molecule has 0 aromatic heterocycles. The van der Waals surface area contributed by atoms with E-state index in [0.717, 1.165) is 31.2 Å². The third kappa shape index (κ3) is 4.11. The number of nitro benzene ring substituents is 1. The van der Waals surface area contributed by atoms with Crippen LogP contribution in [0.4, 0.5) is 5.69 Å². The van der Waals surface area contributed by atoms with Gasteiger partial charge in [-0.15, -0.1) is 0 Å². The van der Waals surface area contributed by atoms with Gasteiger partial charge in [0.1, 0.15) is 0 Å². The molecule has 1 heterocycles. The molecule has 2 amide bonds. The molecule has 6 nitrogen and oxygen atoms in total. The molecule has 2 rings (SSSR count). The number of non-ortho nitro benzene ring substituents is 1. The second kappa shape index (κ2) is 6.97. The van der Waals surface area contributed by atoms with Gasteiger partial charge in [0.2, 0.25) is 11.8 Å². The van der Waals surface area contributed by atoms with Gasteiger partial charge >= 0.3 is 0 Å². The predicted molar refractivity (Wildman–Crippen MR) is 76.6 cm³/mol. The highest BCUT2D eigenvalue weighted by Gasteiger charge is 2.25. The molecule has 0 radical (unpaired) electrons. The van der Waals surface area contributed by atoms with Crippen molar-refractivity contribution in [3.05, 3.63) is 39.9 Å². The van der Waals surface area contributed by atoms with E-state index in [1.54, 1.807) is 12.1 Å². The van der Waals surface area contributed by atoms with Crippen LogP contribution in [0, 0.1) is 10.1 Å². The molecule has 0 unspecified atom stereocenters. The second-order valence-electron chi connectivity index (χ2n) is 5.17. The summed E-state index contributed by atoms with van der Waals surface area (Å²) >= 11 is 0. The van der Waals surface area contributed by atoms with Crippen molar-refractivity contribution in [1.82, 2.24) is 4.90 Å². The summed E-state index contributed by atoms with van der Waals surface area (Å²) in [4.78, 5) is 34.7. The molecule has 1 aromatic rings. The lowest BCUT2D eigenvalue weighted by atomic mass is 10.1. The Kier molecular flexibility index (Phi) is 5.03. The first-order valence-corrected chi connectivity index (χ1v) is 7.14. The fourth-order valence-corrected chi connectivity index (χ4v) is 2.44. The standard InChI is InChI=1S/C15H18N2O4/c18-14(16-11-3-6-15(16)19)5-2-1-4-12-7-9-13(10-8-12)17(20)21/h7-10H,1-6,11H2. The van der Waals surface area contributed by atoms with E-state index in [-0.39, 0.29) is 17.5 Å². The number of nitro groups is 1. The Morgan fingerprint density at radius 3 is 2.52 bits per heavy atom. The third-order valence-electron chi connectivity index (χ3n) is 3.63. The number of amides is 2. The lowest BCUT2D eigenvalue weighted by molar-refractivity contribution is -0.384. The highest BCUT2D eigenvalue weighted by atomic mass is 16.6. The molecule has 112 valence electrons. The minimum Gasteiger partial charge on any atom is -0.283 e. The highest BCUT2D eigenvalue weighted by molar-refractivity contribution is 5.96. The Labute approximate surface area is 122 Å². The SMILES string of the molecule is O=C(CCCCc1ccc([N+](=O)[O-])cc1)N1CCCC1=O. The molecule has 21 heavy (non-hydrogen) atoms. The molecule has 0 spiro atoms. The van der Waals surface area contributed by atoms with Gasteiger partial charge in [0.25, 0.3) is 5.69 Å². The molecule has 0 saturated carbocycles. The molecule has 6 heteroatoms. The van der Waals surface area contributed by atoms with Crippen LogP contribution in [-0.4, -0.2) is 28.2 Å². The number of unbranched alkanes of at least 4 members (excludes halogenated alkanes) is 1. The molecule has 1 saturated heterocycles. The number of hydrogen-bond donors (Lipinski definition) is 0. The summed E-state index contributed by atoms with van der Waals surface area (Å²) in [6, 6.07) is 6.46. The Balaban J connectivity index is 1.71. The van der Waals surface area contributed by atoms with Crippen LogP contribution in [0.3, 0.4) is 0 Å². The van der Waals surface area contributed by atoms with Crippen LogP contribution in [0.1, 0.15) is 37.7 Å². The molecule has 1 aliphatic rings. The number of imide groups is 1. The Bertz CT molecular complexity index is 539. The van der Waals surface area contributed by atoms with E-state index in [2.05, 4.69) is 0 Å². The summed E-state index contributed by atoms with van der Waals surface area (Å²) in [5, 5.41) is 10.5. The first-order valence-electron chi connectivity index (χ1n) is 7.14. The molecular formula is C15H18N2O4. The number of carbonyl (C=O) groups excluding carboxylic acids is 2. The average molecular weight is 290 g/mol. The Hall–Kier alpha value is -2.24. The quantitative estimate of drug-likeness (QED) is 0.458. The lowest BCUT2D eigenvalue weighted by Crippen LogP contribution is -2.31. The van der Waals surface area contributed by atoms with Gasteiger partial charge in [-0.05, 0) is 31.2 Å². The van der Waals surface area contributed by atoms with Crippen LogP contribution < -0.4 is 0 Å². The number of nitrogens with zero attached hydrogens (tertiary/aromatic N) is 2. The number of likely N-dealkylation sites (tertiary alicyclic amines) is 1. The molecule has 0 N–H and O–H groups in total. The van der Waals surface area contributed by atoms with E-state index in [4.69, 9.17) is 0 Å². The van der Waals surface area contributed by atoms with Crippen molar-refractivity contribution in [1.29, 1.82) is 0 Å². The average Bonchev–Trinajstić information content (AvgIpc) is 2.90. The van der Waals surface area contributed by atoms with E-state index in [1.165, 1.54) is 17.0 Å². The lowest BCUT2D eigenvalue weighted by Gasteiger charge is -2.12. The number of carbonyl (C=O) groups is 2. The maximum atomic E-state index is 11.8. The normalized spacial score (nSPS) is 14.5. The van der Waals surface area contributed by atoms with Crippen molar-refractivity contribution < 1.29 is 14.5 Å². The van der Waals surface area contributed by atoms with Crippen molar-refractivity contribution in [2.45, 2.75) is 38.5 Å². The van der Waals surface area contributed by atoms with Gasteiger partial charge in [-0.2, -0.15) is 0 Å². The van der Waals surface area contributed by atoms with E-state index in [1.807, 2.05) is 0 Å². The maximum absolute atomic E-state index is 11.8. The molecular weight excluding hydrogens is 272 g/mol. The first kappa shape index (κ1) is 15.2. The van der Waals surface area contributed by atoms with E-state index in [9.17, 15) is 19.7 Å². The van der Waals surface area contributed by atoms with Gasteiger partial charge in [-0.1, -0.05) is 12.1 Å². The zero-order valence-corrected chi connectivity index (χ0v) is 11.8. The molecule has 1 aliphatic heterocycles. The fourth-order valence-electron chi connectivity index (χ4n) is 2.44. The molecule has 0 aliphatic carbocycles. The predicted octanol–water partition coefficient (Wildman–Crippen LogP) is 2.46. The number of hydrogen-bond acceptors (Lipinski definition) is 4. The van der Waals surface area contributed by atoms with E-state index in [0.29, 0.717) is 19.4 Å². The summed E-state index contributed by atoms with van der Waals surface area (Å²) in [6.07, 6.45) is 3.96. The third-order valence-corrected chi connectivity index (χ3v) is 3.63. The maximum Gasteiger partial charge on any atom is 0.269 e. The Morgan fingerprint density at radius 1 is 1.24 bits per heavy atom. The van der Waals surface area contributed by atoms with E-state index < -0.39 is 4.92 Å². The Morgan fingerprint density at radius 2 is 1.95 bits per heavy atom. The van der Waals surface area contributed by atoms with Gasteiger partial charge in [0.05, 0.1) is 4.92 Å². The van der Waals surface area contributed by atoms with Gasteiger partial charge in [-0.3, -0.25) is 24.6 Å². The first-order chi connectivity index (χ1) is 10.1. The zero-order valence-electron chi connectivity index (χ0n) is 11.8. The van der Waals surface area contributed by atoms with Gasteiger partial charge in [0, 0.05) is 31.5 Å². The number of aryl methyl sites for hydroxylation is 1. The van der Waals surface area contributed by atoms with E-state index >= 15 is 0 Å². The van der Waals surface area contributed by atoms with Gasteiger partial charge < -0.3 is 0 Å². The van der Waals surface area contributed by atoms with Crippen LogP contribution >= 0.6 is 0 Å². The number of rotatable bonds is 6. The van der Waals surface area contributed by atoms with Crippen LogP contribution in [-0.2, 0) is 16.0 Å². The van der Waals surface area contributed by atoms with Crippen molar-refractivity contribution in [3.8, 4) is 0 Å². The van der Waals surface area contributed by atoms with Crippen LogP contribution in [0.25, 0.3) is 0 Å². The highest BCUT2D eigenvalue weighted by Crippen LogP contribution is 2.15. The van der Waals surface area contributed by atoms with Gasteiger partial charge in [-0.25, -0.2) is 0 Å². The van der Waals surface area contributed by atoms with Crippen molar-refractivity contribution in [2.24, 2.45) is 0 Å². The summed E-state index contributed by atoms with van der Waals surface area (Å²) in [7, 11) is 0. The zero-order chi connectivity index (χ0) is 15.2. The summed E-state index contributed by atoms with van der Waals surface area (Å²) in [5.41, 5.74) is 1.10. The topological polar surface area (TPSA) is 80.5 Å². The monoisotopic (exact) mass is 290 g/mol. The molecule has 0 atom stereocenters. The van der Waals surface area contributed by atoms with Crippen molar-refractivity contribution >= 4 is 17.5 Å². The van der Waals surface area contributed by atoms with Crippen molar-refractivity contribution in [3.63, 3.8) is 0 Å². The van der Waals surface area contributed by atoms with Gasteiger partial charge in [0.15, 0.2) is 0 Å². The minimum atomic E-state index is -0.421. The minimum absolute atomic E-state index is 0.0598. The molecule has 1 fully saturated rings. The number of benzene rings is 1. The fraction of sp³-hybridized carbons (Fsp3) is 0.467. The van der Waals surface area contributed by atoms with Crippen LogP contribution in [0.5, 0.6) is 0 Å². The van der Waals surface area contributed by atoms with Crippen LogP contribution in [0.15, 0.2) is 24.3 Å². The molecule has 1 aromatic carbocycles. The largest absolute Gasteiger partial charge is 0.283 e.